The van der Waals surface area contributed by atoms with Gasteiger partial charge in [0.2, 0.25) is 11.7 Å². The second-order valence-electron chi connectivity index (χ2n) is 5.92. The van der Waals surface area contributed by atoms with Crippen LogP contribution >= 0.6 is 11.6 Å². The van der Waals surface area contributed by atoms with Crippen LogP contribution in [-0.4, -0.2) is 34.1 Å². The molecule has 0 radical (unpaired) electrons. The molecule has 1 aromatic heterocycles. The predicted molar refractivity (Wildman–Crippen MR) is 99.6 cm³/mol. The largest absolute Gasteiger partial charge is 0.496 e. The third-order valence-corrected chi connectivity index (χ3v) is 4.27. The molecule has 3 aromatic rings. The number of aromatic nitrogens is 2. The van der Waals surface area contributed by atoms with E-state index in [0.29, 0.717) is 41.1 Å². The van der Waals surface area contributed by atoms with Gasteiger partial charge >= 0.3 is 0 Å². The molecule has 9 heteroatoms. The zero-order valence-corrected chi connectivity index (χ0v) is 15.5. The number of nitro groups is 1. The predicted octanol–water partition coefficient (Wildman–Crippen LogP) is 3.94. The van der Waals surface area contributed by atoms with Gasteiger partial charge in [0.15, 0.2) is 0 Å². The molecular formula is C18H17ClN4O4. The Kier molecular flexibility index (Phi) is 5.68. The number of nitro benzene ring substituents is 1. The molecule has 0 unspecified atom stereocenters. The number of non-ortho nitro benzene ring substituents is 1. The summed E-state index contributed by atoms with van der Waals surface area (Å²) < 4.78 is 10.6. The molecule has 0 spiro atoms. The number of ether oxygens (including phenoxy) is 1. The zero-order valence-electron chi connectivity index (χ0n) is 14.8. The van der Waals surface area contributed by atoms with Crippen molar-refractivity contribution in [3.63, 3.8) is 0 Å². The van der Waals surface area contributed by atoms with Gasteiger partial charge < -0.3 is 9.26 Å². The summed E-state index contributed by atoms with van der Waals surface area (Å²) in [5.41, 5.74) is 1.39. The molecule has 3 rings (SSSR count). The molecule has 140 valence electrons. The van der Waals surface area contributed by atoms with Gasteiger partial charge in [-0.2, -0.15) is 4.98 Å². The van der Waals surface area contributed by atoms with Crippen LogP contribution in [0.1, 0.15) is 11.5 Å². The van der Waals surface area contributed by atoms with Crippen LogP contribution in [0.15, 0.2) is 47.0 Å². The fraction of sp³-hybridized carbons (Fsp3) is 0.222. The highest BCUT2D eigenvalue weighted by molar-refractivity contribution is 6.31. The number of methoxy groups -OCH3 is 1. The van der Waals surface area contributed by atoms with Crippen LogP contribution in [0.2, 0.25) is 5.02 Å². The van der Waals surface area contributed by atoms with Crippen LogP contribution in [0.4, 0.5) is 5.69 Å². The van der Waals surface area contributed by atoms with Gasteiger partial charge in [0, 0.05) is 23.7 Å². The molecule has 27 heavy (non-hydrogen) atoms. The fourth-order valence-electron chi connectivity index (χ4n) is 2.63. The molecule has 1 heterocycles. The van der Waals surface area contributed by atoms with Crippen molar-refractivity contribution in [1.29, 1.82) is 0 Å². The highest BCUT2D eigenvalue weighted by Crippen LogP contribution is 2.27. The van der Waals surface area contributed by atoms with Gasteiger partial charge in [-0.25, -0.2) is 0 Å². The maximum Gasteiger partial charge on any atom is 0.269 e. The summed E-state index contributed by atoms with van der Waals surface area (Å²) in [5, 5.41) is 15.4. The Balaban J connectivity index is 1.72. The van der Waals surface area contributed by atoms with Crippen molar-refractivity contribution in [1.82, 2.24) is 15.0 Å². The summed E-state index contributed by atoms with van der Waals surface area (Å²) in [6.07, 6.45) is 0. The van der Waals surface area contributed by atoms with Crippen molar-refractivity contribution < 1.29 is 14.2 Å². The molecule has 8 nitrogen and oxygen atoms in total. The first-order chi connectivity index (χ1) is 13.0. The number of nitrogens with zero attached hydrogens (tertiary/aromatic N) is 4. The van der Waals surface area contributed by atoms with E-state index in [-0.39, 0.29) is 5.69 Å². The Hall–Kier alpha value is -2.97. The summed E-state index contributed by atoms with van der Waals surface area (Å²) >= 11 is 6.15. The summed E-state index contributed by atoms with van der Waals surface area (Å²) in [4.78, 5) is 16.8. The molecule has 0 saturated carbocycles. The Morgan fingerprint density at radius 3 is 2.78 bits per heavy atom. The SMILES string of the molecule is COc1ccccc1-c1noc(CN(C)Cc2cc([N+](=O)[O-])ccc2Cl)n1. The molecule has 0 aliphatic carbocycles. The summed E-state index contributed by atoms with van der Waals surface area (Å²) in [6.45, 7) is 0.758. The Morgan fingerprint density at radius 2 is 2.04 bits per heavy atom. The normalized spacial score (nSPS) is 11.0. The maximum absolute atomic E-state index is 10.9. The first-order valence-corrected chi connectivity index (χ1v) is 8.43. The van der Waals surface area contributed by atoms with Crippen molar-refractivity contribution in [2.24, 2.45) is 0 Å². The number of hydrogen-bond acceptors (Lipinski definition) is 7. The number of benzene rings is 2. The first kappa shape index (κ1) is 18.8. The van der Waals surface area contributed by atoms with Crippen molar-refractivity contribution in [2.75, 3.05) is 14.2 Å². The number of rotatable bonds is 7. The van der Waals surface area contributed by atoms with E-state index in [1.54, 1.807) is 7.11 Å². The standard InChI is InChI=1S/C18H17ClN4O4/c1-22(10-12-9-13(23(24)25)7-8-15(12)19)11-17-20-18(21-27-17)14-5-3-4-6-16(14)26-2/h3-9H,10-11H2,1-2H3. The van der Waals surface area contributed by atoms with Crippen LogP contribution in [-0.2, 0) is 13.1 Å². The first-order valence-electron chi connectivity index (χ1n) is 8.05. The van der Waals surface area contributed by atoms with Crippen LogP contribution in [0.3, 0.4) is 0 Å². The maximum atomic E-state index is 10.9. The monoisotopic (exact) mass is 388 g/mol. The van der Waals surface area contributed by atoms with Gasteiger partial charge in [0.1, 0.15) is 5.75 Å². The highest BCUT2D eigenvalue weighted by Gasteiger charge is 2.16. The molecule has 0 bridgehead atoms. The van der Waals surface area contributed by atoms with Gasteiger partial charge in [-0.05, 0) is 30.8 Å². The van der Waals surface area contributed by atoms with E-state index < -0.39 is 4.92 Å². The number of halogens is 1. The molecule has 0 atom stereocenters. The summed E-state index contributed by atoms with van der Waals surface area (Å²) in [7, 11) is 3.42. The van der Waals surface area contributed by atoms with E-state index in [2.05, 4.69) is 10.1 Å². The number of para-hydroxylation sites is 1. The van der Waals surface area contributed by atoms with Gasteiger partial charge in [-0.15, -0.1) is 0 Å². The topological polar surface area (TPSA) is 94.5 Å². The Bertz CT molecular complexity index is 960. The van der Waals surface area contributed by atoms with E-state index in [1.165, 1.54) is 18.2 Å². The van der Waals surface area contributed by atoms with E-state index in [9.17, 15) is 10.1 Å². The van der Waals surface area contributed by atoms with Crippen molar-refractivity contribution in [2.45, 2.75) is 13.1 Å². The molecule has 0 N–H and O–H groups in total. The lowest BCUT2D eigenvalue weighted by Gasteiger charge is -2.15. The quantitative estimate of drug-likeness (QED) is 0.447. The highest BCUT2D eigenvalue weighted by atomic mass is 35.5. The Morgan fingerprint density at radius 1 is 1.26 bits per heavy atom. The number of hydrogen-bond donors (Lipinski definition) is 0. The van der Waals surface area contributed by atoms with Gasteiger partial charge in [0.25, 0.3) is 5.69 Å². The molecule has 0 aliphatic rings. The van der Waals surface area contributed by atoms with Crippen LogP contribution in [0.5, 0.6) is 5.75 Å². The second-order valence-corrected chi connectivity index (χ2v) is 6.32. The van der Waals surface area contributed by atoms with Crippen molar-refractivity contribution in [3.8, 4) is 17.1 Å². The van der Waals surface area contributed by atoms with Crippen LogP contribution < -0.4 is 4.74 Å². The minimum atomic E-state index is -0.447. The van der Waals surface area contributed by atoms with Crippen LogP contribution in [0, 0.1) is 10.1 Å². The molecule has 2 aromatic carbocycles. The van der Waals surface area contributed by atoms with Crippen molar-refractivity contribution >= 4 is 17.3 Å². The average molecular weight is 389 g/mol. The lowest BCUT2D eigenvalue weighted by Crippen LogP contribution is -2.17. The smallest absolute Gasteiger partial charge is 0.269 e. The third-order valence-electron chi connectivity index (χ3n) is 3.90. The van der Waals surface area contributed by atoms with E-state index in [4.69, 9.17) is 20.9 Å². The van der Waals surface area contributed by atoms with Gasteiger partial charge in [-0.1, -0.05) is 28.9 Å². The van der Waals surface area contributed by atoms with E-state index >= 15 is 0 Å². The molecule has 0 fully saturated rings. The minimum Gasteiger partial charge on any atom is -0.496 e. The van der Waals surface area contributed by atoms with E-state index in [0.717, 1.165) is 5.56 Å². The fourth-order valence-corrected chi connectivity index (χ4v) is 2.81. The molecule has 0 saturated heterocycles. The van der Waals surface area contributed by atoms with Crippen LogP contribution in [0.25, 0.3) is 11.4 Å². The van der Waals surface area contributed by atoms with Crippen molar-refractivity contribution in [3.05, 3.63) is 69.1 Å². The molecule has 0 amide bonds. The Labute approximate surface area is 160 Å². The minimum absolute atomic E-state index is 0.000880. The van der Waals surface area contributed by atoms with Gasteiger partial charge in [0.05, 0.1) is 24.1 Å². The van der Waals surface area contributed by atoms with E-state index in [1.807, 2.05) is 36.2 Å². The average Bonchev–Trinajstić information content (AvgIpc) is 3.11. The summed E-state index contributed by atoms with van der Waals surface area (Å²) in [6, 6.07) is 11.8. The lowest BCUT2D eigenvalue weighted by molar-refractivity contribution is -0.384. The lowest BCUT2D eigenvalue weighted by atomic mass is 10.2. The third kappa shape index (κ3) is 4.42. The zero-order chi connectivity index (χ0) is 19.4. The summed E-state index contributed by atoms with van der Waals surface area (Å²) in [5.74, 6) is 1.51. The second kappa shape index (κ2) is 8.15. The molecular weight excluding hydrogens is 372 g/mol. The molecule has 0 aliphatic heterocycles. The van der Waals surface area contributed by atoms with Gasteiger partial charge in [-0.3, -0.25) is 15.0 Å².